The molecule has 2 atom stereocenters. The molecule has 4 aromatic rings. The zero-order valence-corrected chi connectivity index (χ0v) is 19.7. The van der Waals surface area contributed by atoms with E-state index in [4.69, 9.17) is 4.74 Å². The molecule has 1 unspecified atom stereocenters. The smallest absolute Gasteiger partial charge is 0.128 e. The van der Waals surface area contributed by atoms with Crippen LogP contribution in [0.2, 0.25) is 0 Å². The van der Waals surface area contributed by atoms with Gasteiger partial charge in [0, 0.05) is 55.4 Å². The van der Waals surface area contributed by atoms with Crippen molar-refractivity contribution >= 4 is 21.7 Å². The molecule has 7 rings (SSSR count). The van der Waals surface area contributed by atoms with Gasteiger partial charge in [0.15, 0.2) is 0 Å². The molecular weight excluding hydrogens is 418 g/mol. The first-order valence-corrected chi connectivity index (χ1v) is 12.6. The second kappa shape index (κ2) is 9.65. The van der Waals surface area contributed by atoms with E-state index in [1.807, 2.05) is 6.20 Å². The van der Waals surface area contributed by atoms with Crippen LogP contribution >= 0.6 is 0 Å². The van der Waals surface area contributed by atoms with Gasteiger partial charge in [-0.2, -0.15) is 0 Å². The van der Waals surface area contributed by atoms with Crippen molar-refractivity contribution in [2.24, 2.45) is 0 Å². The van der Waals surface area contributed by atoms with Crippen LogP contribution in [-0.4, -0.2) is 53.1 Å². The molecule has 0 spiro atoms. The van der Waals surface area contributed by atoms with Crippen molar-refractivity contribution in [1.82, 2.24) is 14.8 Å². The summed E-state index contributed by atoms with van der Waals surface area (Å²) in [6, 6.07) is 25.1. The Morgan fingerprint density at radius 2 is 1.65 bits per heavy atom. The second-order valence-corrected chi connectivity index (χ2v) is 9.75. The third-order valence-electron chi connectivity index (χ3n) is 7.51. The van der Waals surface area contributed by atoms with E-state index < -0.39 is 0 Å². The standard InChI is InChI=1S/C30H33N3O/c1-2-8-25-19-23(13-14-24(25)7-1)20-33-22-26-9-3-4-10-27(33)21-32(26)17-6-18-34-30-12-5-11-29-28(30)15-16-31-29/h1-5,7-8,11-16,19,26-27,31H,6,9-10,17-18,20-22H2/b4-3-/t26?,27-/m0/s1. The van der Waals surface area contributed by atoms with E-state index in [0.29, 0.717) is 12.1 Å². The molecule has 3 aliphatic heterocycles. The minimum atomic E-state index is 0.578. The van der Waals surface area contributed by atoms with Crippen LogP contribution in [0.25, 0.3) is 21.7 Å². The van der Waals surface area contributed by atoms with E-state index in [0.717, 1.165) is 63.3 Å². The van der Waals surface area contributed by atoms with E-state index in [9.17, 15) is 0 Å². The van der Waals surface area contributed by atoms with Crippen LogP contribution in [0, 0.1) is 0 Å². The normalized spacial score (nSPS) is 22.1. The van der Waals surface area contributed by atoms with Gasteiger partial charge in [0.2, 0.25) is 0 Å². The number of fused-ring (bicyclic) bond motifs is 6. The number of aromatic nitrogens is 1. The topological polar surface area (TPSA) is 31.5 Å². The molecular formula is C30H33N3O. The van der Waals surface area contributed by atoms with Gasteiger partial charge in [-0.05, 0) is 59.9 Å². The number of nitrogens with one attached hydrogen (secondary N) is 1. The summed E-state index contributed by atoms with van der Waals surface area (Å²) in [5.41, 5.74) is 2.56. The maximum atomic E-state index is 6.17. The lowest BCUT2D eigenvalue weighted by Crippen LogP contribution is -2.58. The number of benzene rings is 3. The number of nitrogens with zero attached hydrogens (tertiary/aromatic N) is 2. The van der Waals surface area contributed by atoms with Gasteiger partial charge in [-0.1, -0.05) is 54.6 Å². The van der Waals surface area contributed by atoms with Crippen LogP contribution in [-0.2, 0) is 6.54 Å². The van der Waals surface area contributed by atoms with Gasteiger partial charge >= 0.3 is 0 Å². The number of H-pyrrole nitrogens is 1. The summed E-state index contributed by atoms with van der Waals surface area (Å²) in [5.74, 6) is 0.984. The third-order valence-corrected chi connectivity index (χ3v) is 7.51. The van der Waals surface area contributed by atoms with E-state index in [-0.39, 0.29) is 0 Å². The highest BCUT2D eigenvalue weighted by molar-refractivity contribution is 5.85. The third kappa shape index (κ3) is 4.48. The molecule has 1 fully saturated rings. The number of piperazine rings is 1. The van der Waals surface area contributed by atoms with Crippen molar-refractivity contribution in [2.75, 3.05) is 26.2 Å². The molecule has 1 N–H and O–H groups in total. The van der Waals surface area contributed by atoms with Crippen molar-refractivity contribution < 1.29 is 4.74 Å². The first-order valence-electron chi connectivity index (χ1n) is 12.6. The minimum Gasteiger partial charge on any atom is -0.493 e. The van der Waals surface area contributed by atoms with Crippen molar-refractivity contribution in [2.45, 2.75) is 37.9 Å². The fourth-order valence-corrected chi connectivity index (χ4v) is 5.70. The van der Waals surface area contributed by atoms with Crippen LogP contribution in [0.15, 0.2) is 85.1 Å². The highest BCUT2D eigenvalue weighted by Gasteiger charge is 2.33. The van der Waals surface area contributed by atoms with Gasteiger partial charge in [0.05, 0.1) is 6.61 Å². The Hall–Kier alpha value is -3.08. The molecule has 3 aliphatic rings. The zero-order chi connectivity index (χ0) is 22.7. The van der Waals surface area contributed by atoms with Gasteiger partial charge in [0.25, 0.3) is 0 Å². The first-order chi connectivity index (χ1) is 16.8. The predicted molar refractivity (Wildman–Crippen MR) is 140 cm³/mol. The molecule has 4 heterocycles. The fraction of sp³-hybridized carbons (Fsp3) is 0.333. The van der Waals surface area contributed by atoms with Crippen molar-refractivity contribution in [3.63, 3.8) is 0 Å². The number of hydrogen-bond donors (Lipinski definition) is 1. The van der Waals surface area contributed by atoms with E-state index in [1.165, 1.54) is 21.7 Å². The Labute approximate surface area is 201 Å². The van der Waals surface area contributed by atoms with Gasteiger partial charge in [-0.15, -0.1) is 0 Å². The summed E-state index contributed by atoms with van der Waals surface area (Å²) < 4.78 is 6.17. The van der Waals surface area contributed by atoms with Crippen LogP contribution in [0.1, 0.15) is 24.8 Å². The number of rotatable bonds is 7. The molecule has 2 bridgehead atoms. The summed E-state index contributed by atoms with van der Waals surface area (Å²) in [6.07, 6.45) is 10.1. The van der Waals surface area contributed by atoms with E-state index in [1.54, 1.807) is 0 Å². The van der Waals surface area contributed by atoms with Crippen molar-refractivity contribution in [3.8, 4) is 5.75 Å². The molecule has 0 amide bonds. The number of hydrogen-bond acceptors (Lipinski definition) is 3. The van der Waals surface area contributed by atoms with E-state index in [2.05, 4.69) is 93.7 Å². The largest absolute Gasteiger partial charge is 0.493 e. The summed E-state index contributed by atoms with van der Waals surface area (Å²) in [5, 5.41) is 3.83. The average Bonchev–Trinajstić information content (AvgIpc) is 3.33. The van der Waals surface area contributed by atoms with Crippen LogP contribution in [0.3, 0.4) is 0 Å². The SMILES string of the molecule is C1=C\C[C@H]2CN(CCCOc3cccc4[nH]ccc34)C(C/1)CN2Cc1ccc2ccccc2c1. The fourth-order valence-electron chi connectivity index (χ4n) is 5.70. The highest BCUT2D eigenvalue weighted by Crippen LogP contribution is 2.27. The zero-order valence-electron chi connectivity index (χ0n) is 19.7. The summed E-state index contributed by atoms with van der Waals surface area (Å²) in [6.45, 7) is 5.19. The monoisotopic (exact) mass is 451 g/mol. The number of aromatic amines is 1. The van der Waals surface area contributed by atoms with Gasteiger partial charge in [-0.25, -0.2) is 0 Å². The molecule has 0 radical (unpaired) electrons. The van der Waals surface area contributed by atoms with Crippen LogP contribution in [0.4, 0.5) is 0 Å². The molecule has 3 aromatic carbocycles. The first kappa shape index (κ1) is 21.5. The Balaban J connectivity index is 1.07. The van der Waals surface area contributed by atoms with E-state index >= 15 is 0 Å². The van der Waals surface area contributed by atoms with Crippen molar-refractivity contribution in [3.05, 3.63) is 90.6 Å². The lowest BCUT2D eigenvalue weighted by molar-refractivity contribution is 0.0197. The molecule has 0 saturated carbocycles. The summed E-state index contributed by atoms with van der Waals surface area (Å²) >= 11 is 0. The lowest BCUT2D eigenvalue weighted by atomic mass is 9.96. The van der Waals surface area contributed by atoms with Crippen LogP contribution < -0.4 is 4.74 Å². The molecule has 1 saturated heterocycles. The van der Waals surface area contributed by atoms with Gasteiger partial charge in [0.1, 0.15) is 5.75 Å². The summed E-state index contributed by atoms with van der Waals surface area (Å²) in [4.78, 5) is 8.70. The Morgan fingerprint density at radius 1 is 0.824 bits per heavy atom. The Morgan fingerprint density at radius 3 is 2.56 bits per heavy atom. The molecule has 1 aromatic heterocycles. The average molecular weight is 452 g/mol. The highest BCUT2D eigenvalue weighted by atomic mass is 16.5. The molecule has 4 heteroatoms. The lowest BCUT2D eigenvalue weighted by Gasteiger charge is -2.47. The van der Waals surface area contributed by atoms with Gasteiger partial charge < -0.3 is 9.72 Å². The minimum absolute atomic E-state index is 0.578. The predicted octanol–water partition coefficient (Wildman–Crippen LogP) is 6.00. The number of ether oxygens (including phenoxy) is 1. The Bertz CT molecular complexity index is 1290. The molecule has 0 aliphatic carbocycles. The molecule has 174 valence electrons. The quantitative estimate of drug-likeness (QED) is 0.276. The van der Waals surface area contributed by atoms with Crippen LogP contribution in [0.5, 0.6) is 5.75 Å². The maximum Gasteiger partial charge on any atom is 0.128 e. The summed E-state index contributed by atoms with van der Waals surface area (Å²) in [7, 11) is 0. The van der Waals surface area contributed by atoms with Crippen molar-refractivity contribution in [1.29, 1.82) is 0 Å². The molecule has 4 nitrogen and oxygen atoms in total. The molecule has 34 heavy (non-hydrogen) atoms. The maximum absolute atomic E-state index is 6.17. The second-order valence-electron chi connectivity index (χ2n) is 9.75. The van der Waals surface area contributed by atoms with Gasteiger partial charge in [-0.3, -0.25) is 9.80 Å². The Kier molecular flexibility index (Phi) is 6.09.